The van der Waals surface area contributed by atoms with Crippen LogP contribution in [-0.4, -0.2) is 23.7 Å². The molecule has 100 valence electrons. The summed E-state index contributed by atoms with van der Waals surface area (Å²) in [5.74, 6) is 0.661. The Kier molecular flexibility index (Phi) is 5.44. The van der Waals surface area contributed by atoms with E-state index in [2.05, 4.69) is 19.2 Å². The molecular formula is C14H27NO2. The molecule has 0 aromatic heterocycles. The van der Waals surface area contributed by atoms with Crippen molar-refractivity contribution in [3.63, 3.8) is 0 Å². The number of nitrogens with one attached hydrogen (secondary N) is 1. The molecule has 2 N–H and O–H groups in total. The Morgan fingerprint density at radius 2 is 2.18 bits per heavy atom. The monoisotopic (exact) mass is 241 g/mol. The highest BCUT2D eigenvalue weighted by atomic mass is 16.3. The van der Waals surface area contributed by atoms with Gasteiger partial charge < -0.3 is 10.4 Å². The first-order valence-electron chi connectivity index (χ1n) is 6.86. The van der Waals surface area contributed by atoms with Gasteiger partial charge in [-0.1, -0.05) is 26.7 Å². The molecular weight excluding hydrogens is 214 g/mol. The highest BCUT2D eigenvalue weighted by Gasteiger charge is 2.33. The molecule has 0 aromatic carbocycles. The van der Waals surface area contributed by atoms with Crippen molar-refractivity contribution in [3.05, 3.63) is 0 Å². The second-order valence-corrected chi connectivity index (χ2v) is 6.12. The molecule has 1 saturated carbocycles. The number of aliphatic hydroxyl groups is 1. The van der Waals surface area contributed by atoms with Crippen LogP contribution in [0.1, 0.15) is 59.3 Å². The molecule has 0 bridgehead atoms. The first-order chi connectivity index (χ1) is 7.92. The first-order valence-corrected chi connectivity index (χ1v) is 6.86. The number of hydrogen-bond donors (Lipinski definition) is 2. The maximum Gasteiger partial charge on any atom is 0.220 e. The highest BCUT2D eigenvalue weighted by molar-refractivity contribution is 5.76. The SMILES string of the molecule is CC(O)CCNC(=O)CC1CCCCC1(C)C. The zero-order chi connectivity index (χ0) is 12.9. The van der Waals surface area contributed by atoms with Gasteiger partial charge in [-0.05, 0) is 37.5 Å². The van der Waals surface area contributed by atoms with Crippen LogP contribution in [-0.2, 0) is 4.79 Å². The fourth-order valence-electron chi connectivity index (χ4n) is 2.66. The minimum absolute atomic E-state index is 0.144. The largest absolute Gasteiger partial charge is 0.393 e. The molecule has 0 aliphatic heterocycles. The fourth-order valence-corrected chi connectivity index (χ4v) is 2.66. The third-order valence-corrected chi connectivity index (χ3v) is 4.04. The van der Waals surface area contributed by atoms with Gasteiger partial charge in [0.25, 0.3) is 0 Å². The molecule has 0 radical (unpaired) electrons. The standard InChI is InChI=1S/C14H27NO2/c1-11(16)7-9-15-13(17)10-12-6-4-5-8-14(12,2)3/h11-12,16H,4-10H2,1-3H3,(H,15,17). The van der Waals surface area contributed by atoms with Crippen molar-refractivity contribution in [1.29, 1.82) is 0 Å². The molecule has 1 rings (SSSR count). The van der Waals surface area contributed by atoms with Crippen LogP contribution in [0.15, 0.2) is 0 Å². The van der Waals surface area contributed by atoms with E-state index in [1.165, 1.54) is 25.7 Å². The molecule has 1 amide bonds. The maximum absolute atomic E-state index is 11.8. The van der Waals surface area contributed by atoms with E-state index in [0.29, 0.717) is 30.7 Å². The molecule has 0 saturated heterocycles. The van der Waals surface area contributed by atoms with Crippen molar-refractivity contribution in [2.45, 2.75) is 65.4 Å². The smallest absolute Gasteiger partial charge is 0.220 e. The second-order valence-electron chi connectivity index (χ2n) is 6.12. The number of amides is 1. The minimum atomic E-state index is -0.332. The lowest BCUT2D eigenvalue weighted by Gasteiger charge is -2.38. The summed E-state index contributed by atoms with van der Waals surface area (Å²) in [6, 6.07) is 0. The van der Waals surface area contributed by atoms with Gasteiger partial charge in [0.15, 0.2) is 0 Å². The molecule has 1 aliphatic rings. The number of hydrogen-bond acceptors (Lipinski definition) is 2. The molecule has 0 heterocycles. The molecule has 0 spiro atoms. The van der Waals surface area contributed by atoms with Crippen LogP contribution in [0.3, 0.4) is 0 Å². The number of carbonyl (C=O) groups excluding carboxylic acids is 1. The summed E-state index contributed by atoms with van der Waals surface area (Å²) >= 11 is 0. The van der Waals surface area contributed by atoms with E-state index >= 15 is 0 Å². The Balaban J connectivity index is 2.29. The van der Waals surface area contributed by atoms with Gasteiger partial charge in [0.05, 0.1) is 6.10 Å². The summed E-state index contributed by atoms with van der Waals surface area (Å²) in [6.45, 7) is 6.89. The predicted molar refractivity (Wildman–Crippen MR) is 69.7 cm³/mol. The number of aliphatic hydroxyl groups excluding tert-OH is 1. The predicted octanol–water partition coefficient (Wildman–Crippen LogP) is 2.48. The van der Waals surface area contributed by atoms with Crippen LogP contribution >= 0.6 is 0 Å². The lowest BCUT2D eigenvalue weighted by Crippen LogP contribution is -2.34. The van der Waals surface area contributed by atoms with E-state index in [1.807, 2.05) is 0 Å². The molecule has 3 nitrogen and oxygen atoms in total. The van der Waals surface area contributed by atoms with Gasteiger partial charge in [0, 0.05) is 13.0 Å². The summed E-state index contributed by atoms with van der Waals surface area (Å²) < 4.78 is 0. The summed E-state index contributed by atoms with van der Waals surface area (Å²) in [4.78, 5) is 11.8. The Labute approximate surface area is 105 Å². The van der Waals surface area contributed by atoms with Gasteiger partial charge in [0.2, 0.25) is 5.91 Å². The van der Waals surface area contributed by atoms with Gasteiger partial charge >= 0.3 is 0 Å². The quantitative estimate of drug-likeness (QED) is 0.777. The van der Waals surface area contributed by atoms with Crippen LogP contribution in [0, 0.1) is 11.3 Å². The van der Waals surface area contributed by atoms with E-state index in [-0.39, 0.29) is 12.0 Å². The Morgan fingerprint density at radius 3 is 2.76 bits per heavy atom. The van der Waals surface area contributed by atoms with Crippen LogP contribution in [0.5, 0.6) is 0 Å². The maximum atomic E-state index is 11.8. The van der Waals surface area contributed by atoms with E-state index in [4.69, 9.17) is 5.11 Å². The summed E-state index contributed by atoms with van der Waals surface area (Å²) in [6.07, 6.45) is 5.92. The minimum Gasteiger partial charge on any atom is -0.393 e. The molecule has 2 atom stereocenters. The Morgan fingerprint density at radius 1 is 1.47 bits per heavy atom. The lowest BCUT2D eigenvalue weighted by atomic mass is 9.67. The van der Waals surface area contributed by atoms with Crippen molar-refractivity contribution < 1.29 is 9.90 Å². The third kappa shape index (κ3) is 5.07. The summed E-state index contributed by atoms with van der Waals surface area (Å²) in [5.41, 5.74) is 0.305. The molecule has 3 heteroatoms. The third-order valence-electron chi connectivity index (χ3n) is 4.04. The molecule has 2 unspecified atom stereocenters. The van der Waals surface area contributed by atoms with Crippen LogP contribution < -0.4 is 5.32 Å². The summed E-state index contributed by atoms with van der Waals surface area (Å²) in [7, 11) is 0. The highest BCUT2D eigenvalue weighted by Crippen LogP contribution is 2.42. The van der Waals surface area contributed by atoms with Gasteiger partial charge in [-0.2, -0.15) is 0 Å². The van der Waals surface area contributed by atoms with E-state index in [9.17, 15) is 4.79 Å². The van der Waals surface area contributed by atoms with Crippen molar-refractivity contribution in [2.75, 3.05) is 6.54 Å². The van der Waals surface area contributed by atoms with Gasteiger partial charge in [-0.3, -0.25) is 4.79 Å². The first kappa shape index (κ1) is 14.5. The van der Waals surface area contributed by atoms with E-state index in [1.54, 1.807) is 6.92 Å². The van der Waals surface area contributed by atoms with Crippen LogP contribution in [0.25, 0.3) is 0 Å². The molecule has 0 aromatic rings. The average molecular weight is 241 g/mol. The summed E-state index contributed by atoms with van der Waals surface area (Å²) in [5, 5.41) is 12.0. The lowest BCUT2D eigenvalue weighted by molar-refractivity contribution is -0.123. The fraction of sp³-hybridized carbons (Fsp3) is 0.929. The number of rotatable bonds is 5. The van der Waals surface area contributed by atoms with Crippen LogP contribution in [0.4, 0.5) is 0 Å². The van der Waals surface area contributed by atoms with E-state index in [0.717, 1.165) is 0 Å². The second kappa shape index (κ2) is 6.39. The topological polar surface area (TPSA) is 49.3 Å². The van der Waals surface area contributed by atoms with Crippen molar-refractivity contribution in [1.82, 2.24) is 5.32 Å². The Hall–Kier alpha value is -0.570. The molecule has 17 heavy (non-hydrogen) atoms. The normalized spacial score (nSPS) is 25.3. The zero-order valence-corrected chi connectivity index (χ0v) is 11.5. The number of carbonyl (C=O) groups is 1. The molecule has 1 aliphatic carbocycles. The zero-order valence-electron chi connectivity index (χ0n) is 11.5. The van der Waals surface area contributed by atoms with Crippen molar-refractivity contribution in [3.8, 4) is 0 Å². The van der Waals surface area contributed by atoms with Crippen molar-refractivity contribution in [2.24, 2.45) is 11.3 Å². The van der Waals surface area contributed by atoms with Gasteiger partial charge in [-0.15, -0.1) is 0 Å². The molecule has 1 fully saturated rings. The Bertz CT molecular complexity index is 249. The van der Waals surface area contributed by atoms with Crippen molar-refractivity contribution >= 4 is 5.91 Å². The average Bonchev–Trinajstić information content (AvgIpc) is 2.20. The van der Waals surface area contributed by atoms with Gasteiger partial charge in [-0.25, -0.2) is 0 Å². The van der Waals surface area contributed by atoms with E-state index < -0.39 is 0 Å². The van der Waals surface area contributed by atoms with Crippen LogP contribution in [0.2, 0.25) is 0 Å². The van der Waals surface area contributed by atoms with Gasteiger partial charge in [0.1, 0.15) is 0 Å².